The molecular formula is C16H24INO4S. The number of hydrogen-bond acceptors (Lipinski definition) is 5. The fraction of sp³-hybridized carbons (Fsp3) is 0.625. The third-order valence-corrected chi connectivity index (χ3v) is 7.41. The fourth-order valence-corrected chi connectivity index (χ4v) is 5.46. The van der Waals surface area contributed by atoms with Gasteiger partial charge in [0.2, 0.25) is 0 Å². The standard InChI is InChI=1S/C16H24INO4S/c17-16(20,9-10-18)13-5-4-6-14(11-13)23(21,22)12-15(19)7-2-1-3-8-15/h4-6,11,19-20H,1-3,7-10,12,18H2. The van der Waals surface area contributed by atoms with E-state index in [2.05, 4.69) is 0 Å². The molecule has 23 heavy (non-hydrogen) atoms. The largest absolute Gasteiger partial charge is 0.389 e. The molecule has 0 aliphatic heterocycles. The lowest BCUT2D eigenvalue weighted by Gasteiger charge is -2.31. The number of sulfone groups is 1. The Bertz CT molecular complexity index is 639. The van der Waals surface area contributed by atoms with Crippen molar-refractivity contribution in [3.05, 3.63) is 29.8 Å². The van der Waals surface area contributed by atoms with Crippen molar-refractivity contribution in [1.82, 2.24) is 0 Å². The van der Waals surface area contributed by atoms with Gasteiger partial charge >= 0.3 is 0 Å². The molecule has 0 radical (unpaired) electrons. The van der Waals surface area contributed by atoms with Crippen LogP contribution in [0.4, 0.5) is 0 Å². The summed E-state index contributed by atoms with van der Waals surface area (Å²) in [5.41, 5.74) is 4.88. The summed E-state index contributed by atoms with van der Waals surface area (Å²) in [4.78, 5) is 0.140. The molecule has 7 heteroatoms. The number of alkyl halides is 1. The summed E-state index contributed by atoms with van der Waals surface area (Å²) in [6.45, 7) is 0.302. The summed E-state index contributed by atoms with van der Waals surface area (Å²) in [6.07, 6.45) is 4.14. The van der Waals surface area contributed by atoms with Crippen LogP contribution < -0.4 is 5.73 Å². The molecule has 2 rings (SSSR count). The monoisotopic (exact) mass is 453 g/mol. The van der Waals surface area contributed by atoms with Crippen molar-refractivity contribution in [3.8, 4) is 0 Å². The third kappa shape index (κ3) is 4.88. The molecule has 0 amide bonds. The van der Waals surface area contributed by atoms with E-state index < -0.39 is 19.0 Å². The van der Waals surface area contributed by atoms with Crippen LogP contribution in [0.2, 0.25) is 0 Å². The van der Waals surface area contributed by atoms with Crippen LogP contribution in [-0.4, -0.2) is 36.5 Å². The average Bonchev–Trinajstić information content (AvgIpc) is 2.47. The number of benzene rings is 1. The molecule has 1 unspecified atom stereocenters. The molecule has 1 atom stereocenters. The number of rotatable bonds is 6. The normalized spacial score (nSPS) is 20.9. The predicted octanol–water partition coefficient (Wildman–Crippen LogP) is 2.08. The topological polar surface area (TPSA) is 101 Å². The second kappa shape index (κ2) is 7.35. The second-order valence-electron chi connectivity index (χ2n) is 6.37. The highest BCUT2D eigenvalue weighted by Gasteiger charge is 2.35. The highest BCUT2D eigenvalue weighted by atomic mass is 127. The number of nitrogens with two attached hydrogens (primary N) is 1. The Labute approximate surface area is 151 Å². The van der Waals surface area contributed by atoms with Gasteiger partial charge in [-0.3, -0.25) is 0 Å². The molecular weight excluding hydrogens is 429 g/mol. The van der Waals surface area contributed by atoms with Crippen molar-refractivity contribution in [2.75, 3.05) is 12.3 Å². The van der Waals surface area contributed by atoms with Gasteiger partial charge in [0, 0.05) is 6.42 Å². The zero-order chi connectivity index (χ0) is 17.1. The molecule has 1 aromatic rings. The quantitative estimate of drug-likeness (QED) is 0.453. The van der Waals surface area contributed by atoms with E-state index in [9.17, 15) is 18.6 Å². The molecule has 0 aromatic heterocycles. The Morgan fingerprint density at radius 1 is 1.26 bits per heavy atom. The first kappa shape index (κ1) is 19.1. The van der Waals surface area contributed by atoms with Crippen molar-refractivity contribution in [2.24, 2.45) is 5.73 Å². The average molecular weight is 453 g/mol. The first-order valence-electron chi connectivity index (χ1n) is 7.86. The Morgan fingerprint density at radius 2 is 1.91 bits per heavy atom. The Morgan fingerprint density at radius 3 is 2.52 bits per heavy atom. The van der Waals surface area contributed by atoms with Crippen LogP contribution in [0.1, 0.15) is 44.1 Å². The van der Waals surface area contributed by atoms with E-state index in [-0.39, 0.29) is 10.6 Å². The maximum Gasteiger partial charge on any atom is 0.181 e. The van der Waals surface area contributed by atoms with E-state index in [0.29, 0.717) is 31.4 Å². The van der Waals surface area contributed by atoms with Crippen LogP contribution in [0.3, 0.4) is 0 Å². The number of hydrogen-bond donors (Lipinski definition) is 3. The molecule has 1 aliphatic rings. The summed E-state index contributed by atoms with van der Waals surface area (Å²) in [5, 5.41) is 20.9. The molecule has 0 spiro atoms. The van der Waals surface area contributed by atoms with Crippen molar-refractivity contribution in [1.29, 1.82) is 0 Å². The Balaban J connectivity index is 2.26. The summed E-state index contributed by atoms with van der Waals surface area (Å²) < 4.78 is 24.2. The molecule has 0 bridgehead atoms. The lowest BCUT2D eigenvalue weighted by Crippen LogP contribution is -2.39. The summed E-state index contributed by atoms with van der Waals surface area (Å²) in [6, 6.07) is 6.31. The molecule has 0 heterocycles. The van der Waals surface area contributed by atoms with Crippen LogP contribution in [0.25, 0.3) is 0 Å². The maximum atomic E-state index is 12.7. The van der Waals surface area contributed by atoms with Gasteiger partial charge in [-0.25, -0.2) is 8.42 Å². The smallest absolute Gasteiger partial charge is 0.181 e. The van der Waals surface area contributed by atoms with Crippen molar-refractivity contribution in [2.45, 2.75) is 52.6 Å². The molecule has 1 fully saturated rings. The van der Waals surface area contributed by atoms with Gasteiger partial charge in [0.1, 0.15) is 3.61 Å². The maximum absolute atomic E-state index is 12.7. The zero-order valence-electron chi connectivity index (χ0n) is 13.0. The van der Waals surface area contributed by atoms with Crippen LogP contribution in [0, 0.1) is 0 Å². The highest BCUT2D eigenvalue weighted by Crippen LogP contribution is 2.35. The van der Waals surface area contributed by atoms with Crippen molar-refractivity contribution < 1.29 is 18.6 Å². The summed E-state index contributed by atoms with van der Waals surface area (Å²) in [5.74, 6) is -0.264. The van der Waals surface area contributed by atoms with Crippen LogP contribution >= 0.6 is 22.6 Å². The SMILES string of the molecule is NCCC(O)(I)c1cccc(S(=O)(=O)CC2(O)CCCCC2)c1. The van der Waals surface area contributed by atoms with E-state index in [4.69, 9.17) is 5.73 Å². The highest BCUT2D eigenvalue weighted by molar-refractivity contribution is 14.1. The zero-order valence-corrected chi connectivity index (χ0v) is 16.0. The minimum absolute atomic E-state index is 0.140. The molecule has 130 valence electrons. The van der Waals surface area contributed by atoms with Gasteiger partial charge in [0.15, 0.2) is 9.84 Å². The van der Waals surface area contributed by atoms with E-state index in [0.717, 1.165) is 19.3 Å². The van der Waals surface area contributed by atoms with E-state index in [1.165, 1.54) is 12.1 Å². The summed E-state index contributed by atoms with van der Waals surface area (Å²) >= 11 is 1.88. The fourth-order valence-electron chi connectivity index (χ4n) is 3.05. The van der Waals surface area contributed by atoms with Gasteiger partial charge < -0.3 is 15.9 Å². The van der Waals surface area contributed by atoms with Gasteiger partial charge in [-0.2, -0.15) is 0 Å². The van der Waals surface area contributed by atoms with E-state index in [1.807, 2.05) is 22.6 Å². The van der Waals surface area contributed by atoms with Crippen LogP contribution in [-0.2, 0) is 13.4 Å². The van der Waals surface area contributed by atoms with Gasteiger partial charge in [-0.1, -0.05) is 31.4 Å². The van der Waals surface area contributed by atoms with Crippen molar-refractivity contribution in [3.63, 3.8) is 0 Å². The lowest BCUT2D eigenvalue weighted by molar-refractivity contribution is 0.0257. The Hall–Kier alpha value is -0.220. The van der Waals surface area contributed by atoms with Crippen molar-refractivity contribution >= 4 is 32.4 Å². The molecule has 4 N–H and O–H groups in total. The second-order valence-corrected chi connectivity index (χ2v) is 10.1. The molecule has 0 saturated heterocycles. The molecule has 1 saturated carbocycles. The van der Waals surface area contributed by atoms with Crippen LogP contribution in [0.5, 0.6) is 0 Å². The van der Waals surface area contributed by atoms with E-state index in [1.54, 1.807) is 12.1 Å². The third-order valence-electron chi connectivity index (χ3n) is 4.35. The summed E-state index contributed by atoms with van der Waals surface area (Å²) in [7, 11) is -3.61. The molecule has 1 aromatic carbocycles. The number of halogens is 1. The molecule has 1 aliphatic carbocycles. The predicted molar refractivity (Wildman–Crippen MR) is 98.1 cm³/mol. The van der Waals surface area contributed by atoms with E-state index >= 15 is 0 Å². The minimum Gasteiger partial charge on any atom is -0.389 e. The van der Waals surface area contributed by atoms with Gasteiger partial charge in [0.25, 0.3) is 0 Å². The first-order valence-corrected chi connectivity index (χ1v) is 10.6. The number of aliphatic hydroxyl groups is 2. The lowest BCUT2D eigenvalue weighted by atomic mass is 9.86. The minimum atomic E-state index is -3.61. The first-order chi connectivity index (χ1) is 10.7. The van der Waals surface area contributed by atoms with Crippen LogP contribution in [0.15, 0.2) is 29.2 Å². The Kier molecular flexibility index (Phi) is 6.10. The van der Waals surface area contributed by atoms with Gasteiger partial charge in [-0.05, 0) is 59.7 Å². The van der Waals surface area contributed by atoms with Gasteiger partial charge in [-0.15, -0.1) is 0 Å². The van der Waals surface area contributed by atoms with Gasteiger partial charge in [0.05, 0.1) is 16.2 Å². The molecule has 5 nitrogen and oxygen atoms in total.